The molecule has 2 aliphatic heterocycles. The zero-order valence-corrected chi connectivity index (χ0v) is 16.6. The number of likely N-dealkylation sites (tertiary alicyclic amines) is 1. The van der Waals surface area contributed by atoms with Gasteiger partial charge < -0.3 is 19.1 Å². The van der Waals surface area contributed by atoms with E-state index >= 15 is 0 Å². The number of methoxy groups -OCH3 is 2. The standard InChI is InChI=1S/C21H34N2O3/c1-22(12-8-17-6-7-20(24-2)21(15-17)25-3)19-5-4-11-23(16-19)18-9-13-26-14-10-18/h6-7,15,18-19H,4-5,8-14,16H2,1-3H3. The Hall–Kier alpha value is -1.30. The van der Waals surface area contributed by atoms with Crippen LogP contribution in [0.25, 0.3) is 0 Å². The van der Waals surface area contributed by atoms with Crippen LogP contribution in [0, 0.1) is 0 Å². The van der Waals surface area contributed by atoms with E-state index < -0.39 is 0 Å². The maximum absolute atomic E-state index is 5.53. The first-order chi connectivity index (χ1) is 12.7. The summed E-state index contributed by atoms with van der Waals surface area (Å²) >= 11 is 0. The molecule has 26 heavy (non-hydrogen) atoms. The van der Waals surface area contributed by atoms with Gasteiger partial charge in [-0.2, -0.15) is 0 Å². The molecule has 5 nitrogen and oxygen atoms in total. The molecule has 0 aliphatic carbocycles. The summed E-state index contributed by atoms with van der Waals surface area (Å²) in [5, 5.41) is 0. The van der Waals surface area contributed by atoms with Crippen molar-refractivity contribution < 1.29 is 14.2 Å². The molecule has 1 atom stereocenters. The van der Waals surface area contributed by atoms with Crippen molar-refractivity contribution in [3.8, 4) is 11.5 Å². The molecular weight excluding hydrogens is 328 g/mol. The summed E-state index contributed by atoms with van der Waals surface area (Å²) in [6, 6.07) is 7.63. The Morgan fingerprint density at radius 3 is 2.62 bits per heavy atom. The monoisotopic (exact) mass is 362 g/mol. The Morgan fingerprint density at radius 2 is 1.88 bits per heavy atom. The number of hydrogen-bond donors (Lipinski definition) is 0. The largest absolute Gasteiger partial charge is 0.493 e. The van der Waals surface area contributed by atoms with Crippen molar-refractivity contribution in [1.82, 2.24) is 9.80 Å². The first-order valence-electron chi connectivity index (χ1n) is 9.94. The topological polar surface area (TPSA) is 34.2 Å². The van der Waals surface area contributed by atoms with Gasteiger partial charge in [-0.05, 0) is 63.4 Å². The van der Waals surface area contributed by atoms with Crippen LogP contribution in [0.1, 0.15) is 31.2 Å². The van der Waals surface area contributed by atoms with E-state index in [4.69, 9.17) is 14.2 Å². The van der Waals surface area contributed by atoms with Crippen LogP contribution in [0.2, 0.25) is 0 Å². The lowest BCUT2D eigenvalue weighted by atomic mass is 9.99. The Morgan fingerprint density at radius 1 is 1.12 bits per heavy atom. The van der Waals surface area contributed by atoms with Crippen molar-refractivity contribution in [2.45, 2.75) is 44.2 Å². The van der Waals surface area contributed by atoms with Gasteiger partial charge in [0.15, 0.2) is 11.5 Å². The molecular formula is C21H34N2O3. The summed E-state index contributed by atoms with van der Waals surface area (Å²) in [4.78, 5) is 5.26. The van der Waals surface area contributed by atoms with Gasteiger partial charge in [0.05, 0.1) is 14.2 Å². The molecule has 0 aromatic heterocycles. The number of benzene rings is 1. The molecule has 0 saturated carbocycles. The van der Waals surface area contributed by atoms with E-state index in [-0.39, 0.29) is 0 Å². The quantitative estimate of drug-likeness (QED) is 0.745. The Kier molecular flexibility index (Phi) is 7.17. The van der Waals surface area contributed by atoms with Crippen LogP contribution in [-0.4, -0.2) is 76.0 Å². The highest BCUT2D eigenvalue weighted by molar-refractivity contribution is 5.42. The van der Waals surface area contributed by atoms with E-state index in [0.29, 0.717) is 6.04 Å². The fourth-order valence-corrected chi connectivity index (χ4v) is 4.25. The molecule has 0 amide bonds. The molecule has 0 radical (unpaired) electrons. The lowest BCUT2D eigenvalue weighted by Gasteiger charge is -2.42. The van der Waals surface area contributed by atoms with Crippen molar-refractivity contribution >= 4 is 0 Å². The minimum Gasteiger partial charge on any atom is -0.493 e. The zero-order chi connectivity index (χ0) is 18.4. The summed E-state index contributed by atoms with van der Waals surface area (Å²) in [5.41, 5.74) is 1.30. The van der Waals surface area contributed by atoms with Gasteiger partial charge in [0.1, 0.15) is 0 Å². The van der Waals surface area contributed by atoms with Crippen molar-refractivity contribution in [2.75, 3.05) is 54.1 Å². The molecule has 0 N–H and O–H groups in total. The molecule has 146 valence electrons. The van der Waals surface area contributed by atoms with Gasteiger partial charge >= 0.3 is 0 Å². The molecule has 1 unspecified atom stereocenters. The molecule has 2 saturated heterocycles. The summed E-state index contributed by atoms with van der Waals surface area (Å²) < 4.78 is 16.3. The van der Waals surface area contributed by atoms with Crippen molar-refractivity contribution in [1.29, 1.82) is 0 Å². The third-order valence-corrected chi connectivity index (χ3v) is 5.96. The number of hydrogen-bond acceptors (Lipinski definition) is 5. The second-order valence-corrected chi connectivity index (χ2v) is 7.55. The van der Waals surface area contributed by atoms with Crippen molar-refractivity contribution in [2.24, 2.45) is 0 Å². The van der Waals surface area contributed by atoms with E-state index in [9.17, 15) is 0 Å². The number of rotatable bonds is 7. The smallest absolute Gasteiger partial charge is 0.160 e. The van der Waals surface area contributed by atoms with Crippen LogP contribution in [0.4, 0.5) is 0 Å². The molecule has 2 fully saturated rings. The van der Waals surface area contributed by atoms with Crippen LogP contribution in [-0.2, 0) is 11.2 Å². The molecule has 1 aromatic carbocycles. The average molecular weight is 363 g/mol. The number of likely N-dealkylation sites (N-methyl/N-ethyl adjacent to an activating group) is 1. The van der Waals surface area contributed by atoms with E-state index in [1.54, 1.807) is 14.2 Å². The van der Waals surface area contributed by atoms with Gasteiger partial charge in [-0.3, -0.25) is 4.90 Å². The summed E-state index contributed by atoms with van der Waals surface area (Å²) in [6.07, 6.45) is 6.04. The lowest BCUT2D eigenvalue weighted by molar-refractivity contribution is 0.0104. The Balaban J connectivity index is 1.51. The average Bonchev–Trinajstić information content (AvgIpc) is 2.72. The van der Waals surface area contributed by atoms with E-state index in [2.05, 4.69) is 29.0 Å². The normalized spacial score (nSPS) is 22.5. The van der Waals surface area contributed by atoms with Crippen molar-refractivity contribution in [3.05, 3.63) is 23.8 Å². The minimum atomic E-state index is 0.659. The second kappa shape index (κ2) is 9.58. The highest BCUT2D eigenvalue weighted by Crippen LogP contribution is 2.28. The maximum Gasteiger partial charge on any atom is 0.160 e. The fourth-order valence-electron chi connectivity index (χ4n) is 4.25. The molecule has 0 spiro atoms. The van der Waals surface area contributed by atoms with Gasteiger partial charge in [-0.25, -0.2) is 0 Å². The summed E-state index contributed by atoms with van der Waals surface area (Å²) in [7, 11) is 5.65. The van der Waals surface area contributed by atoms with Gasteiger partial charge in [-0.15, -0.1) is 0 Å². The molecule has 3 rings (SSSR count). The van der Waals surface area contributed by atoms with Crippen LogP contribution in [0.3, 0.4) is 0 Å². The first-order valence-corrected chi connectivity index (χ1v) is 9.94. The van der Waals surface area contributed by atoms with E-state index in [0.717, 1.165) is 43.7 Å². The van der Waals surface area contributed by atoms with Gasteiger partial charge in [0.2, 0.25) is 0 Å². The summed E-state index contributed by atoms with van der Waals surface area (Å²) in [6.45, 7) is 5.39. The third kappa shape index (κ3) is 4.90. The maximum atomic E-state index is 5.53. The minimum absolute atomic E-state index is 0.659. The molecule has 5 heteroatoms. The highest BCUT2D eigenvalue weighted by Gasteiger charge is 2.28. The Labute approximate surface area is 158 Å². The third-order valence-electron chi connectivity index (χ3n) is 5.96. The fraction of sp³-hybridized carbons (Fsp3) is 0.714. The molecule has 2 aliphatic rings. The predicted octanol–water partition coefficient (Wildman–Crippen LogP) is 2.82. The number of ether oxygens (including phenoxy) is 3. The molecule has 2 heterocycles. The van der Waals surface area contributed by atoms with Crippen LogP contribution in [0.5, 0.6) is 11.5 Å². The van der Waals surface area contributed by atoms with E-state index in [1.165, 1.54) is 44.3 Å². The second-order valence-electron chi connectivity index (χ2n) is 7.55. The molecule has 1 aromatic rings. The van der Waals surface area contributed by atoms with Gasteiger partial charge in [0.25, 0.3) is 0 Å². The van der Waals surface area contributed by atoms with E-state index in [1.807, 2.05) is 6.07 Å². The van der Waals surface area contributed by atoms with Crippen LogP contribution < -0.4 is 9.47 Å². The Bertz CT molecular complexity index is 560. The predicted molar refractivity (Wildman–Crippen MR) is 104 cm³/mol. The highest BCUT2D eigenvalue weighted by atomic mass is 16.5. The number of nitrogens with zero attached hydrogens (tertiary/aromatic N) is 2. The SMILES string of the molecule is COc1ccc(CCN(C)C2CCCN(C3CCOCC3)C2)cc1OC. The summed E-state index contributed by atoms with van der Waals surface area (Å²) in [5.74, 6) is 1.61. The van der Waals surface area contributed by atoms with Crippen LogP contribution in [0.15, 0.2) is 18.2 Å². The van der Waals surface area contributed by atoms with Gasteiger partial charge in [-0.1, -0.05) is 6.07 Å². The van der Waals surface area contributed by atoms with Gasteiger partial charge in [0, 0.05) is 38.4 Å². The molecule has 0 bridgehead atoms. The lowest BCUT2D eigenvalue weighted by Crippen LogP contribution is -2.51. The first kappa shape index (κ1) is 19.5. The zero-order valence-electron chi connectivity index (χ0n) is 16.6. The number of piperidine rings is 1. The van der Waals surface area contributed by atoms with Crippen LogP contribution >= 0.6 is 0 Å². The van der Waals surface area contributed by atoms with Crippen molar-refractivity contribution in [3.63, 3.8) is 0 Å².